The second-order valence-electron chi connectivity index (χ2n) is 4.42. The van der Waals surface area contributed by atoms with Crippen molar-refractivity contribution < 1.29 is 4.79 Å². The first-order valence-electron chi connectivity index (χ1n) is 5.98. The number of halogens is 2. The number of carbonyl (C=O) groups is 1. The van der Waals surface area contributed by atoms with Gasteiger partial charge in [0.2, 0.25) is 0 Å². The minimum Gasteiger partial charge on any atom is -0.338 e. The zero-order valence-electron chi connectivity index (χ0n) is 10.6. The Kier molecular flexibility index (Phi) is 4.61. The fourth-order valence-corrected chi connectivity index (χ4v) is 2.17. The van der Waals surface area contributed by atoms with Gasteiger partial charge in [-0.15, -0.1) is 0 Å². The third kappa shape index (κ3) is 3.82. The minimum atomic E-state index is 0.168. The Morgan fingerprint density at radius 2 is 2.11 bits per heavy atom. The Morgan fingerprint density at radius 3 is 2.74 bits per heavy atom. The summed E-state index contributed by atoms with van der Waals surface area (Å²) in [6.07, 6.45) is 5.12. The van der Waals surface area contributed by atoms with Gasteiger partial charge in [-0.1, -0.05) is 29.3 Å². The van der Waals surface area contributed by atoms with Gasteiger partial charge >= 0.3 is 0 Å². The van der Waals surface area contributed by atoms with E-state index in [1.807, 2.05) is 23.9 Å². The van der Waals surface area contributed by atoms with E-state index in [4.69, 9.17) is 23.2 Å². The highest BCUT2D eigenvalue weighted by atomic mass is 35.5. The average Bonchev–Trinajstić information content (AvgIpc) is 2.77. The van der Waals surface area contributed by atoms with E-state index in [2.05, 4.69) is 4.98 Å². The van der Waals surface area contributed by atoms with Crippen molar-refractivity contribution in [3.05, 3.63) is 52.0 Å². The zero-order chi connectivity index (χ0) is 13.8. The molecular weight excluding hydrogens is 283 g/mol. The number of carbonyl (C=O) groups excluding carboxylic acids is 1. The number of ketones is 1. The smallest absolute Gasteiger partial charge is 0.137 e. The van der Waals surface area contributed by atoms with Crippen molar-refractivity contribution in [3.63, 3.8) is 0 Å². The van der Waals surface area contributed by atoms with Crippen LogP contribution in [0.15, 0.2) is 30.6 Å². The Hall–Kier alpha value is -1.32. The number of hydrogen-bond donors (Lipinski definition) is 0. The van der Waals surface area contributed by atoms with Crippen LogP contribution in [0.2, 0.25) is 10.0 Å². The minimum absolute atomic E-state index is 0.168. The molecule has 3 nitrogen and oxygen atoms in total. The molecule has 0 bridgehead atoms. The molecule has 0 aliphatic heterocycles. The number of imidazole rings is 1. The van der Waals surface area contributed by atoms with E-state index in [-0.39, 0.29) is 5.78 Å². The molecule has 0 atom stereocenters. The van der Waals surface area contributed by atoms with Gasteiger partial charge in [-0.05, 0) is 17.7 Å². The van der Waals surface area contributed by atoms with Crippen molar-refractivity contribution in [1.29, 1.82) is 0 Å². The van der Waals surface area contributed by atoms with Gasteiger partial charge in [0.25, 0.3) is 0 Å². The number of Topliss-reactive ketones (excluding diaryl/α,β-unsaturated/α-hetero) is 1. The van der Waals surface area contributed by atoms with E-state index < -0.39 is 0 Å². The quantitative estimate of drug-likeness (QED) is 0.847. The Bertz CT molecular complexity index is 593. The van der Waals surface area contributed by atoms with Crippen molar-refractivity contribution in [1.82, 2.24) is 9.55 Å². The maximum absolute atomic E-state index is 11.9. The molecule has 1 aromatic carbocycles. The van der Waals surface area contributed by atoms with Crippen LogP contribution < -0.4 is 0 Å². The van der Waals surface area contributed by atoms with Crippen LogP contribution >= 0.6 is 23.2 Å². The molecule has 5 heteroatoms. The monoisotopic (exact) mass is 296 g/mol. The summed E-state index contributed by atoms with van der Waals surface area (Å²) in [5.41, 5.74) is 0.888. The molecule has 0 fully saturated rings. The lowest BCUT2D eigenvalue weighted by atomic mass is 10.1. The lowest BCUT2D eigenvalue weighted by molar-refractivity contribution is -0.118. The van der Waals surface area contributed by atoms with Gasteiger partial charge < -0.3 is 4.57 Å². The summed E-state index contributed by atoms with van der Waals surface area (Å²) in [6, 6.07) is 5.28. The largest absolute Gasteiger partial charge is 0.338 e. The fraction of sp³-hybridized carbons (Fsp3) is 0.286. The highest BCUT2D eigenvalue weighted by Gasteiger charge is 2.08. The number of benzene rings is 1. The molecule has 0 unspecified atom stereocenters. The van der Waals surface area contributed by atoms with Crippen LogP contribution in [0.25, 0.3) is 0 Å². The molecule has 2 rings (SSSR count). The standard InChI is InChI=1S/C14H14Cl2N2O/c1-18-7-6-17-14(18)5-3-11(19)8-10-2-4-12(15)13(16)9-10/h2,4,6-7,9H,3,5,8H2,1H3. The number of aromatic nitrogens is 2. The van der Waals surface area contributed by atoms with Gasteiger partial charge in [-0.2, -0.15) is 0 Å². The van der Waals surface area contributed by atoms with Crippen LogP contribution in [-0.2, 0) is 24.7 Å². The third-order valence-electron chi connectivity index (χ3n) is 2.93. The van der Waals surface area contributed by atoms with Gasteiger partial charge in [0, 0.05) is 38.7 Å². The SMILES string of the molecule is Cn1ccnc1CCC(=O)Cc1ccc(Cl)c(Cl)c1. The first-order chi connectivity index (χ1) is 9.06. The first-order valence-corrected chi connectivity index (χ1v) is 6.73. The molecule has 1 heterocycles. The molecule has 0 saturated carbocycles. The van der Waals surface area contributed by atoms with Gasteiger partial charge in [-0.3, -0.25) is 4.79 Å². The molecule has 0 saturated heterocycles. The molecule has 2 aromatic rings. The number of nitrogens with zero attached hydrogens (tertiary/aromatic N) is 2. The fourth-order valence-electron chi connectivity index (χ4n) is 1.85. The van der Waals surface area contributed by atoms with Crippen LogP contribution in [0, 0.1) is 0 Å². The van der Waals surface area contributed by atoms with Crippen molar-refractivity contribution in [2.24, 2.45) is 7.05 Å². The summed E-state index contributed by atoms with van der Waals surface area (Å²) in [6.45, 7) is 0. The van der Waals surface area contributed by atoms with Crippen molar-refractivity contribution >= 4 is 29.0 Å². The van der Waals surface area contributed by atoms with E-state index in [1.165, 1.54) is 0 Å². The summed E-state index contributed by atoms with van der Waals surface area (Å²) < 4.78 is 1.92. The summed E-state index contributed by atoms with van der Waals surface area (Å²) in [7, 11) is 1.92. The Morgan fingerprint density at radius 1 is 1.32 bits per heavy atom. The molecule has 0 N–H and O–H groups in total. The third-order valence-corrected chi connectivity index (χ3v) is 3.67. The summed E-state index contributed by atoms with van der Waals surface area (Å²) in [5, 5.41) is 0.988. The molecule has 0 spiro atoms. The molecule has 0 amide bonds. The highest BCUT2D eigenvalue weighted by molar-refractivity contribution is 6.42. The van der Waals surface area contributed by atoms with E-state index in [1.54, 1.807) is 18.3 Å². The Balaban J connectivity index is 1.91. The summed E-state index contributed by atoms with van der Waals surface area (Å²) in [4.78, 5) is 16.1. The van der Waals surface area contributed by atoms with Crippen molar-refractivity contribution in [3.8, 4) is 0 Å². The normalized spacial score (nSPS) is 10.7. The molecule has 0 aliphatic carbocycles. The van der Waals surface area contributed by atoms with Gasteiger partial charge in [-0.25, -0.2) is 4.98 Å². The molecule has 0 radical (unpaired) electrons. The van der Waals surface area contributed by atoms with Gasteiger partial charge in [0.15, 0.2) is 0 Å². The topological polar surface area (TPSA) is 34.9 Å². The number of hydrogen-bond acceptors (Lipinski definition) is 2. The lowest BCUT2D eigenvalue weighted by Gasteiger charge is -2.04. The second kappa shape index (κ2) is 6.22. The van der Waals surface area contributed by atoms with Crippen LogP contribution in [0.5, 0.6) is 0 Å². The van der Waals surface area contributed by atoms with Gasteiger partial charge in [0.1, 0.15) is 11.6 Å². The highest BCUT2D eigenvalue weighted by Crippen LogP contribution is 2.23. The van der Waals surface area contributed by atoms with Crippen LogP contribution in [0.4, 0.5) is 0 Å². The van der Waals surface area contributed by atoms with Crippen LogP contribution in [0.1, 0.15) is 17.8 Å². The second-order valence-corrected chi connectivity index (χ2v) is 5.23. The first kappa shape index (κ1) is 14.1. The summed E-state index contributed by atoms with van der Waals surface area (Å²) in [5.74, 6) is 1.09. The molecular formula is C14H14Cl2N2O. The molecule has 100 valence electrons. The molecule has 19 heavy (non-hydrogen) atoms. The van der Waals surface area contributed by atoms with Crippen molar-refractivity contribution in [2.45, 2.75) is 19.3 Å². The number of aryl methyl sites for hydroxylation is 2. The summed E-state index contributed by atoms with van der Waals surface area (Å²) >= 11 is 11.8. The molecule has 0 aliphatic rings. The Labute approximate surface area is 122 Å². The maximum Gasteiger partial charge on any atom is 0.137 e. The molecule has 1 aromatic heterocycles. The van der Waals surface area contributed by atoms with Crippen LogP contribution in [-0.4, -0.2) is 15.3 Å². The van der Waals surface area contributed by atoms with E-state index in [9.17, 15) is 4.79 Å². The predicted molar refractivity (Wildman–Crippen MR) is 76.7 cm³/mol. The van der Waals surface area contributed by atoms with Gasteiger partial charge in [0.05, 0.1) is 10.0 Å². The van der Waals surface area contributed by atoms with E-state index in [0.717, 1.165) is 11.4 Å². The lowest BCUT2D eigenvalue weighted by Crippen LogP contribution is -2.07. The van der Waals surface area contributed by atoms with E-state index >= 15 is 0 Å². The van der Waals surface area contributed by atoms with E-state index in [0.29, 0.717) is 29.3 Å². The van der Waals surface area contributed by atoms with Crippen molar-refractivity contribution in [2.75, 3.05) is 0 Å². The predicted octanol–water partition coefficient (Wildman–Crippen LogP) is 3.47. The van der Waals surface area contributed by atoms with Crippen LogP contribution in [0.3, 0.4) is 0 Å². The number of rotatable bonds is 5. The average molecular weight is 297 g/mol. The zero-order valence-corrected chi connectivity index (χ0v) is 12.1. The maximum atomic E-state index is 11.9.